The van der Waals surface area contributed by atoms with Crippen LogP contribution in [0.4, 0.5) is 0 Å². The van der Waals surface area contributed by atoms with E-state index in [1.165, 1.54) is 18.0 Å². The summed E-state index contributed by atoms with van der Waals surface area (Å²) in [4.78, 5) is 18.8. The van der Waals surface area contributed by atoms with Gasteiger partial charge in [0, 0.05) is 47.7 Å². The van der Waals surface area contributed by atoms with Gasteiger partial charge in [-0.3, -0.25) is 9.48 Å². The van der Waals surface area contributed by atoms with Gasteiger partial charge in [-0.15, -0.1) is 0 Å². The van der Waals surface area contributed by atoms with Crippen molar-refractivity contribution in [1.29, 1.82) is 10.5 Å². The molecular weight excluding hydrogens is 476 g/mol. The van der Waals surface area contributed by atoms with Gasteiger partial charge in [0.15, 0.2) is 0 Å². The fraction of sp³-hybridized carbons (Fsp3) is 0.280. The monoisotopic (exact) mass is 498 g/mol. The number of nitriles is 2. The molecule has 0 aromatic carbocycles. The Balaban J connectivity index is 1.55. The third kappa shape index (κ3) is 4.31. The van der Waals surface area contributed by atoms with E-state index in [1.807, 2.05) is 30.1 Å². The summed E-state index contributed by atoms with van der Waals surface area (Å²) >= 11 is 1.32. The first-order chi connectivity index (χ1) is 17.5. The number of aliphatic hydroxyl groups excluding tert-OH is 1. The first-order valence-corrected chi connectivity index (χ1v) is 12.2. The van der Waals surface area contributed by atoms with Crippen LogP contribution in [0.1, 0.15) is 35.7 Å². The lowest BCUT2D eigenvalue weighted by atomic mass is 10.1. The molecule has 1 saturated heterocycles. The number of aryl methyl sites for hydroxylation is 1. The highest BCUT2D eigenvalue weighted by Gasteiger charge is 2.26. The van der Waals surface area contributed by atoms with Gasteiger partial charge in [-0.25, -0.2) is 9.50 Å². The number of hydrogen-bond donors (Lipinski definition) is 1. The Hall–Kier alpha value is -4.19. The van der Waals surface area contributed by atoms with E-state index in [4.69, 9.17) is 5.10 Å². The number of rotatable bonds is 5. The zero-order valence-corrected chi connectivity index (χ0v) is 20.3. The Morgan fingerprint density at radius 2 is 2.11 bits per heavy atom. The van der Waals surface area contributed by atoms with Crippen molar-refractivity contribution in [3.05, 3.63) is 59.8 Å². The third-order valence-electron chi connectivity index (χ3n) is 6.28. The summed E-state index contributed by atoms with van der Waals surface area (Å²) in [5, 5.41) is 38.1. The highest BCUT2D eigenvalue weighted by Crippen LogP contribution is 2.37. The van der Waals surface area contributed by atoms with Crippen LogP contribution in [0.2, 0.25) is 0 Å². The smallest absolute Gasteiger partial charge is 0.248 e. The number of aromatic nitrogens is 5. The maximum Gasteiger partial charge on any atom is 0.248 e. The molecular formula is C25H22N8O2S. The summed E-state index contributed by atoms with van der Waals surface area (Å²) in [6.07, 6.45) is 8.72. The molecule has 0 aliphatic carbocycles. The molecule has 5 heterocycles. The van der Waals surface area contributed by atoms with Crippen molar-refractivity contribution in [2.45, 2.75) is 35.7 Å². The Labute approximate surface area is 211 Å². The van der Waals surface area contributed by atoms with E-state index in [1.54, 1.807) is 27.7 Å². The standard InChI is InChI=1S/C25H22N8O2S/c1-16-21(14-32(30-16)20-5-3-7-31(13-20)23(35)15-34)18-8-22(24-19(10-27)11-29-33(24)12-18)36-25-17(9-26)4-2-6-28-25/h2,4,6,8,11-12,14,20,34H,3,5,7,13,15H2,1H3/t20-/m0/s1. The van der Waals surface area contributed by atoms with Crippen LogP contribution in [0, 0.1) is 29.6 Å². The van der Waals surface area contributed by atoms with E-state index in [9.17, 15) is 20.4 Å². The Morgan fingerprint density at radius 3 is 2.89 bits per heavy atom. The summed E-state index contributed by atoms with van der Waals surface area (Å²) < 4.78 is 3.57. The fourth-order valence-corrected chi connectivity index (χ4v) is 5.53. The molecule has 4 aromatic rings. The highest BCUT2D eigenvalue weighted by atomic mass is 32.2. The molecule has 1 aliphatic heterocycles. The van der Waals surface area contributed by atoms with Crippen molar-refractivity contribution in [2.75, 3.05) is 19.7 Å². The Morgan fingerprint density at radius 1 is 1.28 bits per heavy atom. The molecule has 1 N–H and O–H groups in total. The Kier molecular flexibility index (Phi) is 6.42. The van der Waals surface area contributed by atoms with Crippen LogP contribution in [-0.4, -0.2) is 60.0 Å². The van der Waals surface area contributed by atoms with Gasteiger partial charge in [0.25, 0.3) is 0 Å². The lowest BCUT2D eigenvalue weighted by Crippen LogP contribution is -2.42. The molecule has 1 atom stereocenters. The molecule has 4 aromatic heterocycles. The van der Waals surface area contributed by atoms with Crippen LogP contribution >= 0.6 is 11.8 Å². The lowest BCUT2D eigenvalue weighted by Gasteiger charge is -2.32. The van der Waals surface area contributed by atoms with E-state index in [-0.39, 0.29) is 11.9 Å². The number of aliphatic hydroxyl groups is 1. The number of amides is 1. The van der Waals surface area contributed by atoms with E-state index in [0.29, 0.717) is 34.8 Å². The molecule has 10 nitrogen and oxygen atoms in total. The molecule has 0 bridgehead atoms. The topological polar surface area (TPSA) is 136 Å². The Bertz CT molecular complexity index is 1540. The molecule has 180 valence electrons. The molecule has 1 amide bonds. The zero-order chi connectivity index (χ0) is 25.2. The summed E-state index contributed by atoms with van der Waals surface area (Å²) in [5.41, 5.74) is 4.11. The molecule has 11 heteroatoms. The van der Waals surface area contributed by atoms with Gasteiger partial charge < -0.3 is 10.0 Å². The summed E-state index contributed by atoms with van der Waals surface area (Å²) in [6.45, 7) is 2.58. The third-order valence-corrected chi connectivity index (χ3v) is 7.33. The normalized spacial score (nSPS) is 15.6. The van der Waals surface area contributed by atoms with Gasteiger partial charge in [-0.1, -0.05) is 11.8 Å². The summed E-state index contributed by atoms with van der Waals surface area (Å²) in [6, 6.07) is 9.77. The maximum absolute atomic E-state index is 12.0. The minimum absolute atomic E-state index is 0.0147. The minimum Gasteiger partial charge on any atom is -0.387 e. The highest BCUT2D eigenvalue weighted by molar-refractivity contribution is 7.99. The predicted octanol–water partition coefficient (Wildman–Crippen LogP) is 2.95. The number of carbonyl (C=O) groups is 1. The van der Waals surface area contributed by atoms with Gasteiger partial charge in [0.05, 0.1) is 34.6 Å². The zero-order valence-electron chi connectivity index (χ0n) is 19.5. The van der Waals surface area contributed by atoms with E-state index in [2.05, 4.69) is 22.2 Å². The lowest BCUT2D eigenvalue weighted by molar-refractivity contribution is -0.135. The average Bonchev–Trinajstić information content (AvgIpc) is 3.52. The van der Waals surface area contributed by atoms with Crippen LogP contribution < -0.4 is 0 Å². The molecule has 0 saturated carbocycles. The minimum atomic E-state index is -0.491. The van der Waals surface area contributed by atoms with Crippen molar-refractivity contribution in [2.24, 2.45) is 0 Å². The van der Waals surface area contributed by atoms with Gasteiger partial charge in [0.1, 0.15) is 23.8 Å². The molecule has 0 radical (unpaired) electrons. The number of likely N-dealkylation sites (tertiary alicyclic amines) is 1. The van der Waals surface area contributed by atoms with E-state index in [0.717, 1.165) is 34.6 Å². The van der Waals surface area contributed by atoms with Crippen LogP contribution in [0.25, 0.3) is 16.6 Å². The van der Waals surface area contributed by atoms with E-state index < -0.39 is 6.61 Å². The fourth-order valence-electron chi connectivity index (χ4n) is 4.50. The van der Waals surface area contributed by atoms with Crippen LogP contribution in [0.5, 0.6) is 0 Å². The second-order valence-corrected chi connectivity index (χ2v) is 9.56. The summed E-state index contributed by atoms with van der Waals surface area (Å²) in [5.74, 6) is -0.269. The van der Waals surface area contributed by atoms with Gasteiger partial charge >= 0.3 is 0 Å². The van der Waals surface area contributed by atoms with Crippen LogP contribution in [-0.2, 0) is 4.79 Å². The average molecular weight is 499 g/mol. The van der Waals surface area contributed by atoms with Gasteiger partial charge in [0.2, 0.25) is 5.91 Å². The number of fused-ring (bicyclic) bond motifs is 1. The van der Waals surface area contributed by atoms with Crippen molar-refractivity contribution in [1.82, 2.24) is 29.3 Å². The largest absolute Gasteiger partial charge is 0.387 e. The number of nitrogens with zero attached hydrogens (tertiary/aromatic N) is 8. The van der Waals surface area contributed by atoms with Gasteiger partial charge in [-0.05, 0) is 38.0 Å². The quantitative estimate of drug-likeness (QED) is 0.444. The first-order valence-electron chi connectivity index (χ1n) is 11.4. The van der Waals surface area contributed by atoms with Crippen LogP contribution in [0.3, 0.4) is 0 Å². The molecule has 5 rings (SSSR count). The second kappa shape index (κ2) is 9.82. The van der Waals surface area contributed by atoms with Crippen molar-refractivity contribution < 1.29 is 9.90 Å². The van der Waals surface area contributed by atoms with Crippen molar-refractivity contribution in [3.63, 3.8) is 0 Å². The van der Waals surface area contributed by atoms with E-state index >= 15 is 0 Å². The van der Waals surface area contributed by atoms with Crippen molar-refractivity contribution in [3.8, 4) is 23.3 Å². The second-order valence-electron chi connectivity index (χ2n) is 8.53. The number of pyridine rings is 2. The molecule has 0 unspecified atom stereocenters. The number of piperidine rings is 1. The number of hydrogen-bond acceptors (Lipinski definition) is 8. The molecule has 0 spiro atoms. The molecule has 1 aliphatic rings. The van der Waals surface area contributed by atoms with Crippen molar-refractivity contribution >= 4 is 23.2 Å². The molecule has 1 fully saturated rings. The SMILES string of the molecule is Cc1nn([C@H]2CCCN(C(=O)CO)C2)cc1-c1cc(Sc2ncccc2C#N)c2c(C#N)cnn2c1. The van der Waals surface area contributed by atoms with Crippen LogP contribution in [0.15, 0.2) is 52.9 Å². The maximum atomic E-state index is 12.0. The van der Waals surface area contributed by atoms with Gasteiger partial charge in [-0.2, -0.15) is 20.7 Å². The first kappa shape index (κ1) is 23.5. The molecule has 36 heavy (non-hydrogen) atoms. The number of carbonyl (C=O) groups excluding carboxylic acids is 1. The summed E-state index contributed by atoms with van der Waals surface area (Å²) in [7, 11) is 0. The predicted molar refractivity (Wildman–Crippen MR) is 131 cm³/mol.